The van der Waals surface area contributed by atoms with Crippen molar-refractivity contribution >= 4 is 16.7 Å². The Balaban J connectivity index is 1.96. The fraction of sp³-hybridized carbons (Fsp3) is 0.375. The van der Waals surface area contributed by atoms with Crippen molar-refractivity contribution in [3.63, 3.8) is 0 Å². The van der Waals surface area contributed by atoms with Crippen molar-refractivity contribution in [2.24, 2.45) is 5.92 Å². The summed E-state index contributed by atoms with van der Waals surface area (Å²) in [5, 5.41) is 23.0. The van der Waals surface area contributed by atoms with Gasteiger partial charge < -0.3 is 10.4 Å². The van der Waals surface area contributed by atoms with Crippen molar-refractivity contribution in [2.45, 2.75) is 25.3 Å². The third kappa shape index (κ3) is 2.33. The maximum Gasteiger partial charge on any atom is 0.144 e. The number of aliphatic hydroxyl groups is 1. The van der Waals surface area contributed by atoms with Crippen molar-refractivity contribution in [3.8, 4) is 6.07 Å². The zero-order valence-electron chi connectivity index (χ0n) is 11.2. The van der Waals surface area contributed by atoms with Gasteiger partial charge in [0.05, 0.1) is 11.1 Å². The molecule has 3 rings (SSSR count). The van der Waals surface area contributed by atoms with E-state index in [1.165, 1.54) is 0 Å². The average molecular weight is 267 g/mol. The molecule has 1 aliphatic rings. The highest BCUT2D eigenvalue weighted by Crippen LogP contribution is 2.29. The number of nitrogens with one attached hydrogen (secondary N) is 1. The molecule has 1 aliphatic carbocycles. The lowest BCUT2D eigenvalue weighted by Crippen LogP contribution is -2.27. The van der Waals surface area contributed by atoms with E-state index in [9.17, 15) is 10.4 Å². The highest BCUT2D eigenvalue weighted by atomic mass is 16.3. The van der Waals surface area contributed by atoms with E-state index in [-0.39, 0.29) is 18.6 Å². The Morgan fingerprint density at radius 1 is 1.35 bits per heavy atom. The Hall–Kier alpha value is -2.12. The minimum atomic E-state index is 0.188. The minimum Gasteiger partial charge on any atom is -0.396 e. The summed E-state index contributed by atoms with van der Waals surface area (Å²) in [6.07, 6.45) is 3.16. The highest BCUT2D eigenvalue weighted by Gasteiger charge is 2.27. The van der Waals surface area contributed by atoms with Crippen molar-refractivity contribution < 1.29 is 5.11 Å². The Kier molecular flexibility index (Phi) is 3.53. The van der Waals surface area contributed by atoms with E-state index in [1.54, 1.807) is 0 Å². The van der Waals surface area contributed by atoms with Gasteiger partial charge in [0, 0.05) is 24.0 Å². The molecule has 0 saturated heterocycles. The quantitative estimate of drug-likeness (QED) is 0.897. The molecule has 2 N–H and O–H groups in total. The topological polar surface area (TPSA) is 68.9 Å². The number of anilines is 1. The maximum absolute atomic E-state index is 9.39. The summed E-state index contributed by atoms with van der Waals surface area (Å²) in [7, 11) is 0. The number of nitriles is 1. The molecule has 102 valence electrons. The van der Waals surface area contributed by atoms with Crippen LogP contribution < -0.4 is 5.32 Å². The average Bonchev–Trinajstić information content (AvgIpc) is 2.93. The number of aromatic nitrogens is 1. The van der Waals surface area contributed by atoms with Crippen LogP contribution in [0.4, 0.5) is 5.82 Å². The third-order valence-electron chi connectivity index (χ3n) is 4.06. The van der Waals surface area contributed by atoms with Crippen LogP contribution >= 0.6 is 0 Å². The lowest BCUT2D eigenvalue weighted by atomic mass is 10.0. The SMILES string of the molecule is N#Cc1cc2ccccc2nc1NC1CCCC1CO. The van der Waals surface area contributed by atoms with Gasteiger partial charge in [-0.3, -0.25) is 0 Å². The van der Waals surface area contributed by atoms with Crippen LogP contribution in [-0.4, -0.2) is 22.7 Å². The second-order valence-electron chi connectivity index (χ2n) is 5.31. The molecular weight excluding hydrogens is 250 g/mol. The number of hydrogen-bond donors (Lipinski definition) is 2. The Morgan fingerprint density at radius 3 is 3.00 bits per heavy atom. The van der Waals surface area contributed by atoms with E-state index >= 15 is 0 Å². The van der Waals surface area contributed by atoms with E-state index < -0.39 is 0 Å². The van der Waals surface area contributed by atoms with Gasteiger partial charge in [-0.05, 0) is 25.0 Å². The molecule has 0 amide bonds. The minimum absolute atomic E-state index is 0.188. The van der Waals surface area contributed by atoms with Gasteiger partial charge in [0.25, 0.3) is 0 Å². The Bertz CT molecular complexity index is 662. The normalized spacial score (nSPS) is 21.8. The summed E-state index contributed by atoms with van der Waals surface area (Å²) >= 11 is 0. The first-order valence-corrected chi connectivity index (χ1v) is 6.99. The van der Waals surface area contributed by atoms with Crippen LogP contribution in [0.2, 0.25) is 0 Å². The molecule has 4 heteroatoms. The molecule has 1 aromatic carbocycles. The molecule has 0 aliphatic heterocycles. The van der Waals surface area contributed by atoms with E-state index in [0.29, 0.717) is 11.4 Å². The van der Waals surface area contributed by atoms with Gasteiger partial charge >= 0.3 is 0 Å². The summed E-state index contributed by atoms with van der Waals surface area (Å²) in [5.41, 5.74) is 1.44. The van der Waals surface area contributed by atoms with Gasteiger partial charge in [-0.25, -0.2) is 4.98 Å². The molecule has 2 atom stereocenters. The van der Waals surface area contributed by atoms with Gasteiger partial charge in [-0.1, -0.05) is 24.6 Å². The van der Waals surface area contributed by atoms with E-state index in [4.69, 9.17) is 0 Å². The summed E-state index contributed by atoms with van der Waals surface area (Å²) in [6, 6.07) is 12.1. The fourth-order valence-electron chi connectivity index (χ4n) is 2.93. The molecule has 0 spiro atoms. The van der Waals surface area contributed by atoms with E-state index in [0.717, 1.165) is 30.2 Å². The number of fused-ring (bicyclic) bond motifs is 1. The number of pyridine rings is 1. The van der Waals surface area contributed by atoms with Gasteiger partial charge in [0.2, 0.25) is 0 Å². The molecule has 2 aromatic rings. The Morgan fingerprint density at radius 2 is 2.20 bits per heavy atom. The standard InChI is InChI=1S/C16H17N3O/c17-9-13-8-11-4-1-2-6-14(11)18-16(13)19-15-7-3-5-12(15)10-20/h1-2,4,6,8,12,15,20H,3,5,7,10H2,(H,18,19). The lowest BCUT2D eigenvalue weighted by Gasteiger charge is -2.20. The van der Waals surface area contributed by atoms with Crippen LogP contribution in [0.3, 0.4) is 0 Å². The number of nitrogens with zero attached hydrogens (tertiary/aromatic N) is 2. The monoisotopic (exact) mass is 267 g/mol. The van der Waals surface area contributed by atoms with Crippen molar-refractivity contribution in [2.75, 3.05) is 11.9 Å². The second kappa shape index (κ2) is 5.48. The zero-order chi connectivity index (χ0) is 13.9. The van der Waals surface area contributed by atoms with Crippen LogP contribution in [0, 0.1) is 17.2 Å². The van der Waals surface area contributed by atoms with Gasteiger partial charge in [-0.2, -0.15) is 5.26 Å². The molecule has 1 heterocycles. The zero-order valence-corrected chi connectivity index (χ0v) is 11.2. The lowest BCUT2D eigenvalue weighted by molar-refractivity contribution is 0.222. The largest absolute Gasteiger partial charge is 0.396 e. The van der Waals surface area contributed by atoms with Gasteiger partial charge in [-0.15, -0.1) is 0 Å². The maximum atomic E-state index is 9.39. The first-order chi connectivity index (χ1) is 9.81. The number of benzene rings is 1. The molecule has 2 unspecified atom stereocenters. The number of aliphatic hydroxyl groups excluding tert-OH is 1. The highest BCUT2D eigenvalue weighted by molar-refractivity contribution is 5.82. The van der Waals surface area contributed by atoms with Gasteiger partial charge in [0.15, 0.2) is 0 Å². The third-order valence-corrected chi connectivity index (χ3v) is 4.06. The molecule has 1 aromatic heterocycles. The van der Waals surface area contributed by atoms with Crippen LogP contribution in [0.5, 0.6) is 0 Å². The molecule has 0 radical (unpaired) electrons. The molecule has 4 nitrogen and oxygen atoms in total. The van der Waals surface area contributed by atoms with E-state index in [1.807, 2.05) is 30.3 Å². The summed E-state index contributed by atoms with van der Waals surface area (Å²) in [4.78, 5) is 4.56. The summed E-state index contributed by atoms with van der Waals surface area (Å²) in [5.74, 6) is 0.895. The van der Waals surface area contributed by atoms with Gasteiger partial charge in [0.1, 0.15) is 11.9 Å². The molecule has 20 heavy (non-hydrogen) atoms. The van der Waals surface area contributed by atoms with Crippen molar-refractivity contribution in [1.82, 2.24) is 4.98 Å². The number of hydrogen-bond acceptors (Lipinski definition) is 4. The second-order valence-corrected chi connectivity index (χ2v) is 5.31. The predicted octanol–water partition coefficient (Wildman–Crippen LogP) is 2.68. The summed E-state index contributed by atoms with van der Waals surface area (Å²) < 4.78 is 0. The number of para-hydroxylation sites is 1. The first-order valence-electron chi connectivity index (χ1n) is 6.99. The number of rotatable bonds is 3. The van der Waals surface area contributed by atoms with Crippen molar-refractivity contribution in [3.05, 3.63) is 35.9 Å². The van der Waals surface area contributed by atoms with Crippen LogP contribution in [-0.2, 0) is 0 Å². The van der Waals surface area contributed by atoms with Crippen molar-refractivity contribution in [1.29, 1.82) is 5.26 Å². The van der Waals surface area contributed by atoms with Crippen LogP contribution in [0.25, 0.3) is 10.9 Å². The molecule has 0 bridgehead atoms. The smallest absolute Gasteiger partial charge is 0.144 e. The summed E-state index contributed by atoms with van der Waals surface area (Å²) in [6.45, 7) is 0.188. The molecule has 1 fully saturated rings. The molecule has 1 saturated carbocycles. The first kappa shape index (κ1) is 12.9. The van der Waals surface area contributed by atoms with Crippen LogP contribution in [0.15, 0.2) is 30.3 Å². The predicted molar refractivity (Wildman–Crippen MR) is 78.3 cm³/mol. The van der Waals surface area contributed by atoms with E-state index in [2.05, 4.69) is 16.4 Å². The Labute approximate surface area is 118 Å². The molecular formula is C16H17N3O. The van der Waals surface area contributed by atoms with Crippen LogP contribution in [0.1, 0.15) is 24.8 Å². The fourth-order valence-corrected chi connectivity index (χ4v) is 2.93.